The normalized spacial score (nSPS) is 9.08. The van der Waals surface area contributed by atoms with E-state index in [1.54, 1.807) is 6.20 Å². The molecule has 0 aromatic carbocycles. The number of carboxylic acid groups (broad SMARTS) is 1. The minimum Gasteiger partial charge on any atom is -0.481 e. The monoisotopic (exact) mass is 190 g/mol. The number of nitrogens with one attached hydrogen (secondary N) is 1. The minimum absolute atomic E-state index is 0. The van der Waals surface area contributed by atoms with Gasteiger partial charge < -0.3 is 10.1 Å². The molecular formula is C7H11ClN2O2. The highest BCUT2D eigenvalue weighted by molar-refractivity contribution is 5.85. The molecule has 1 rings (SSSR count). The first-order valence-electron chi connectivity index (χ1n) is 3.47. The van der Waals surface area contributed by atoms with Crippen LogP contribution in [0.1, 0.15) is 18.4 Å². The van der Waals surface area contributed by atoms with Gasteiger partial charge in [-0.25, -0.2) is 4.98 Å². The molecule has 0 spiro atoms. The molecule has 5 heteroatoms. The van der Waals surface area contributed by atoms with Crippen molar-refractivity contribution in [2.24, 2.45) is 0 Å². The molecule has 68 valence electrons. The van der Waals surface area contributed by atoms with Crippen LogP contribution in [0.3, 0.4) is 0 Å². The predicted octanol–water partition coefficient (Wildman–Crippen LogP) is 1.02. The lowest BCUT2D eigenvalue weighted by atomic mass is 10.4. The molecule has 0 aliphatic carbocycles. The molecule has 0 saturated heterocycles. The molecule has 4 nitrogen and oxygen atoms in total. The van der Waals surface area contributed by atoms with Gasteiger partial charge >= 0.3 is 5.97 Å². The average molecular weight is 191 g/mol. The van der Waals surface area contributed by atoms with Crippen molar-refractivity contribution in [2.75, 3.05) is 0 Å². The van der Waals surface area contributed by atoms with E-state index in [0.29, 0.717) is 5.82 Å². The number of halogens is 1. The number of H-pyrrole nitrogens is 1. The van der Waals surface area contributed by atoms with Gasteiger partial charge in [0.25, 0.3) is 0 Å². The Balaban J connectivity index is 0.00000121. The molecule has 1 heterocycles. The first-order chi connectivity index (χ1) is 5.22. The lowest BCUT2D eigenvalue weighted by Gasteiger charge is -1.88. The van der Waals surface area contributed by atoms with E-state index in [2.05, 4.69) is 9.97 Å². The van der Waals surface area contributed by atoms with Crippen molar-refractivity contribution < 1.29 is 9.90 Å². The summed E-state index contributed by atoms with van der Waals surface area (Å²) in [5.74, 6) is -0.337. The predicted molar refractivity (Wildman–Crippen MR) is 46.6 cm³/mol. The van der Waals surface area contributed by atoms with Gasteiger partial charge in [0.05, 0.1) is 0 Å². The summed E-state index contributed by atoms with van der Waals surface area (Å²) in [6.45, 7) is 1.98. The second-order valence-electron chi connectivity index (χ2n) is 2.28. The summed E-state index contributed by atoms with van der Waals surface area (Å²) in [4.78, 5) is 17.0. The maximum atomic E-state index is 10.2. The number of aromatic nitrogens is 2. The molecule has 0 aliphatic rings. The van der Waals surface area contributed by atoms with E-state index in [9.17, 15) is 4.79 Å². The fourth-order valence-electron chi connectivity index (χ4n) is 0.818. The molecule has 12 heavy (non-hydrogen) atoms. The van der Waals surface area contributed by atoms with Gasteiger partial charge in [-0.3, -0.25) is 4.79 Å². The van der Waals surface area contributed by atoms with Gasteiger partial charge in [0.2, 0.25) is 0 Å². The zero-order valence-corrected chi connectivity index (χ0v) is 7.52. The van der Waals surface area contributed by atoms with E-state index in [1.807, 2.05) is 6.92 Å². The van der Waals surface area contributed by atoms with E-state index in [-0.39, 0.29) is 18.8 Å². The Hall–Kier alpha value is -1.03. The van der Waals surface area contributed by atoms with Crippen LogP contribution in [0.4, 0.5) is 0 Å². The van der Waals surface area contributed by atoms with Crippen molar-refractivity contribution in [3.8, 4) is 0 Å². The second-order valence-corrected chi connectivity index (χ2v) is 2.28. The van der Waals surface area contributed by atoms with Crippen LogP contribution in [0.2, 0.25) is 0 Å². The molecule has 2 N–H and O–H groups in total. The molecule has 1 aromatic heterocycles. The third-order valence-corrected chi connectivity index (χ3v) is 1.38. The molecule has 0 radical (unpaired) electrons. The third-order valence-electron chi connectivity index (χ3n) is 1.38. The Morgan fingerprint density at radius 2 is 2.42 bits per heavy atom. The summed E-state index contributed by atoms with van der Waals surface area (Å²) >= 11 is 0. The molecule has 0 amide bonds. The number of carbonyl (C=O) groups is 1. The van der Waals surface area contributed by atoms with Crippen molar-refractivity contribution in [3.05, 3.63) is 17.7 Å². The Morgan fingerprint density at radius 3 is 2.83 bits per heavy atom. The Kier molecular flexibility index (Phi) is 4.36. The average Bonchev–Trinajstić information content (AvgIpc) is 2.34. The number of aliphatic carboxylic acids is 1. The van der Waals surface area contributed by atoms with Gasteiger partial charge in [0.1, 0.15) is 12.2 Å². The number of hydrogen-bond acceptors (Lipinski definition) is 2. The van der Waals surface area contributed by atoms with Crippen LogP contribution in [0, 0.1) is 0 Å². The number of rotatable bonds is 3. The van der Waals surface area contributed by atoms with Crippen molar-refractivity contribution in [2.45, 2.75) is 19.8 Å². The molecular weight excluding hydrogens is 180 g/mol. The van der Waals surface area contributed by atoms with Crippen LogP contribution < -0.4 is 0 Å². The van der Waals surface area contributed by atoms with Gasteiger partial charge in [-0.05, 0) is 6.42 Å². The van der Waals surface area contributed by atoms with Crippen molar-refractivity contribution in [1.82, 2.24) is 9.97 Å². The highest BCUT2D eigenvalue weighted by Crippen LogP contribution is 1.97. The summed E-state index contributed by atoms with van der Waals surface area (Å²) < 4.78 is 0. The minimum atomic E-state index is -0.859. The van der Waals surface area contributed by atoms with Gasteiger partial charge in [0.15, 0.2) is 0 Å². The number of aryl methyl sites for hydroxylation is 1. The first-order valence-corrected chi connectivity index (χ1v) is 3.47. The summed E-state index contributed by atoms with van der Waals surface area (Å²) in [5, 5.41) is 8.39. The summed E-state index contributed by atoms with van der Waals surface area (Å²) in [6, 6.07) is 0. The topological polar surface area (TPSA) is 66.0 Å². The molecule has 0 saturated carbocycles. The quantitative estimate of drug-likeness (QED) is 0.748. The Morgan fingerprint density at radius 1 is 1.75 bits per heavy atom. The third kappa shape index (κ3) is 2.92. The first kappa shape index (κ1) is 11.0. The fraction of sp³-hybridized carbons (Fsp3) is 0.429. The Labute approximate surface area is 76.4 Å². The van der Waals surface area contributed by atoms with Crippen LogP contribution in [0.25, 0.3) is 0 Å². The van der Waals surface area contributed by atoms with Crippen LogP contribution in [0.5, 0.6) is 0 Å². The van der Waals surface area contributed by atoms with E-state index in [0.717, 1.165) is 12.1 Å². The van der Waals surface area contributed by atoms with Crippen molar-refractivity contribution in [1.29, 1.82) is 0 Å². The SMILES string of the molecule is CCc1cnc(CC(=O)O)[nH]1.Cl. The highest BCUT2D eigenvalue weighted by atomic mass is 35.5. The van der Waals surface area contributed by atoms with E-state index < -0.39 is 5.97 Å². The van der Waals surface area contributed by atoms with E-state index in [4.69, 9.17) is 5.11 Å². The molecule has 0 aliphatic heterocycles. The molecule has 1 aromatic rings. The van der Waals surface area contributed by atoms with Gasteiger partial charge in [-0.2, -0.15) is 0 Å². The van der Waals surface area contributed by atoms with Gasteiger partial charge in [-0.1, -0.05) is 6.92 Å². The van der Waals surface area contributed by atoms with Crippen molar-refractivity contribution >= 4 is 18.4 Å². The molecule has 0 atom stereocenters. The van der Waals surface area contributed by atoms with Gasteiger partial charge in [0, 0.05) is 11.9 Å². The fourth-order valence-corrected chi connectivity index (χ4v) is 0.818. The zero-order valence-electron chi connectivity index (χ0n) is 6.70. The van der Waals surface area contributed by atoms with E-state index in [1.165, 1.54) is 0 Å². The molecule has 0 unspecified atom stereocenters. The Bertz CT molecular complexity index is 260. The highest BCUT2D eigenvalue weighted by Gasteiger charge is 2.03. The number of nitrogens with zero attached hydrogens (tertiary/aromatic N) is 1. The molecule has 0 fully saturated rings. The summed E-state index contributed by atoms with van der Waals surface area (Å²) in [7, 11) is 0. The lowest BCUT2D eigenvalue weighted by Crippen LogP contribution is -2.01. The van der Waals surface area contributed by atoms with Crippen LogP contribution in [0.15, 0.2) is 6.20 Å². The van der Waals surface area contributed by atoms with Gasteiger partial charge in [-0.15, -0.1) is 12.4 Å². The standard InChI is InChI=1S/C7H10N2O2.ClH/c1-2-5-4-8-6(9-5)3-7(10)11;/h4H,2-3H2,1H3,(H,8,9)(H,10,11);1H. The number of imidazole rings is 1. The van der Waals surface area contributed by atoms with Crippen LogP contribution in [-0.2, 0) is 17.6 Å². The maximum absolute atomic E-state index is 10.2. The lowest BCUT2D eigenvalue weighted by molar-refractivity contribution is -0.136. The number of hydrogen-bond donors (Lipinski definition) is 2. The van der Waals surface area contributed by atoms with E-state index >= 15 is 0 Å². The summed E-state index contributed by atoms with van der Waals surface area (Å²) in [5.41, 5.74) is 0.973. The summed E-state index contributed by atoms with van der Waals surface area (Å²) in [6.07, 6.45) is 2.49. The smallest absolute Gasteiger partial charge is 0.311 e. The van der Waals surface area contributed by atoms with Crippen LogP contribution >= 0.6 is 12.4 Å². The van der Waals surface area contributed by atoms with Crippen LogP contribution in [-0.4, -0.2) is 21.0 Å². The molecule has 0 bridgehead atoms. The zero-order chi connectivity index (χ0) is 8.27. The second kappa shape index (κ2) is 4.77. The number of aromatic amines is 1. The number of carboxylic acids is 1. The largest absolute Gasteiger partial charge is 0.481 e. The van der Waals surface area contributed by atoms with Crippen molar-refractivity contribution in [3.63, 3.8) is 0 Å². The maximum Gasteiger partial charge on any atom is 0.311 e.